The normalized spacial score (nSPS) is 17.2. The monoisotopic (exact) mass is 265 g/mol. The molecule has 0 aromatic heterocycles. The van der Waals surface area contributed by atoms with E-state index in [0.29, 0.717) is 5.75 Å². The van der Waals surface area contributed by atoms with E-state index in [9.17, 15) is 9.90 Å². The molecule has 2 rings (SSSR count). The van der Waals surface area contributed by atoms with Crippen LogP contribution >= 0.6 is 0 Å². The third kappa shape index (κ3) is 2.38. The molecule has 0 saturated heterocycles. The molecular weight excluding hydrogens is 246 g/mol. The highest BCUT2D eigenvalue weighted by molar-refractivity contribution is 5.93. The van der Waals surface area contributed by atoms with Crippen LogP contribution in [0.2, 0.25) is 0 Å². The number of hydrogen-bond donors (Lipinski definition) is 2. The summed E-state index contributed by atoms with van der Waals surface area (Å²) in [6.07, 6.45) is 3.78. The van der Waals surface area contributed by atoms with Gasteiger partial charge in [-0.05, 0) is 18.9 Å². The maximum atomic E-state index is 11.6. The second kappa shape index (κ2) is 5.09. The quantitative estimate of drug-likeness (QED) is 0.816. The van der Waals surface area contributed by atoms with Crippen molar-refractivity contribution < 1.29 is 19.4 Å². The standard InChI is InChI=1S/C14H19NO4/c1-18-12-8-11(16)9(13(17)19-2)7-10(12)14(15)5-3-4-6-14/h7-8,16H,3-6,15H2,1-2H3. The summed E-state index contributed by atoms with van der Waals surface area (Å²) in [5.41, 5.74) is 6.78. The number of ether oxygens (including phenoxy) is 2. The Hall–Kier alpha value is -1.75. The summed E-state index contributed by atoms with van der Waals surface area (Å²) in [7, 11) is 2.80. The lowest BCUT2D eigenvalue weighted by Crippen LogP contribution is -2.33. The maximum absolute atomic E-state index is 11.6. The topological polar surface area (TPSA) is 81.8 Å². The van der Waals surface area contributed by atoms with Gasteiger partial charge in [-0.2, -0.15) is 0 Å². The van der Waals surface area contributed by atoms with Crippen molar-refractivity contribution in [1.82, 2.24) is 0 Å². The van der Waals surface area contributed by atoms with Crippen molar-refractivity contribution in [3.8, 4) is 11.5 Å². The van der Waals surface area contributed by atoms with Gasteiger partial charge in [0.1, 0.15) is 17.1 Å². The third-order valence-corrected chi connectivity index (χ3v) is 3.76. The maximum Gasteiger partial charge on any atom is 0.341 e. The molecule has 1 saturated carbocycles. The van der Waals surface area contributed by atoms with Gasteiger partial charge in [0.15, 0.2) is 0 Å². The largest absolute Gasteiger partial charge is 0.507 e. The molecule has 19 heavy (non-hydrogen) atoms. The highest BCUT2D eigenvalue weighted by Crippen LogP contribution is 2.42. The van der Waals surface area contributed by atoms with Crippen molar-refractivity contribution >= 4 is 5.97 Å². The van der Waals surface area contributed by atoms with E-state index in [1.54, 1.807) is 6.07 Å². The van der Waals surface area contributed by atoms with E-state index in [1.165, 1.54) is 20.3 Å². The summed E-state index contributed by atoms with van der Waals surface area (Å²) in [6.45, 7) is 0. The second-order valence-electron chi connectivity index (χ2n) is 4.92. The fourth-order valence-electron chi connectivity index (χ4n) is 2.68. The molecule has 0 radical (unpaired) electrons. The van der Waals surface area contributed by atoms with Gasteiger partial charge in [-0.25, -0.2) is 4.79 Å². The summed E-state index contributed by atoms with van der Waals surface area (Å²) in [4.78, 5) is 11.6. The number of phenolic OH excluding ortho intramolecular Hbond substituents is 1. The summed E-state index contributed by atoms with van der Waals surface area (Å²) in [5, 5.41) is 9.85. The molecule has 0 unspecified atom stereocenters. The number of nitrogens with two attached hydrogens (primary N) is 1. The Morgan fingerprint density at radius 3 is 2.47 bits per heavy atom. The minimum atomic E-state index is -0.581. The average Bonchev–Trinajstić information content (AvgIpc) is 2.85. The van der Waals surface area contributed by atoms with Gasteiger partial charge in [-0.1, -0.05) is 12.8 Å². The van der Waals surface area contributed by atoms with E-state index in [4.69, 9.17) is 10.5 Å². The molecule has 1 aromatic carbocycles. The summed E-state index contributed by atoms with van der Waals surface area (Å²) in [6, 6.07) is 3.01. The lowest BCUT2D eigenvalue weighted by molar-refractivity contribution is 0.0597. The van der Waals surface area contributed by atoms with Crippen molar-refractivity contribution in [2.24, 2.45) is 5.73 Å². The first-order valence-corrected chi connectivity index (χ1v) is 6.30. The first-order chi connectivity index (χ1) is 9.01. The molecule has 0 bridgehead atoms. The first-order valence-electron chi connectivity index (χ1n) is 6.30. The number of benzene rings is 1. The van der Waals surface area contributed by atoms with Crippen LogP contribution in [0.5, 0.6) is 11.5 Å². The zero-order chi connectivity index (χ0) is 14.0. The van der Waals surface area contributed by atoms with E-state index in [0.717, 1.165) is 31.2 Å². The number of hydrogen-bond acceptors (Lipinski definition) is 5. The molecule has 0 aliphatic heterocycles. The van der Waals surface area contributed by atoms with Crippen LogP contribution in [0.3, 0.4) is 0 Å². The van der Waals surface area contributed by atoms with Crippen molar-refractivity contribution in [3.63, 3.8) is 0 Å². The first kappa shape index (κ1) is 13.7. The summed E-state index contributed by atoms with van der Waals surface area (Å²) >= 11 is 0. The van der Waals surface area contributed by atoms with Crippen LogP contribution in [0.15, 0.2) is 12.1 Å². The van der Waals surface area contributed by atoms with Gasteiger partial charge >= 0.3 is 5.97 Å². The predicted molar refractivity (Wildman–Crippen MR) is 70.3 cm³/mol. The van der Waals surface area contributed by atoms with Crippen LogP contribution in [-0.4, -0.2) is 25.3 Å². The molecule has 0 spiro atoms. The van der Waals surface area contributed by atoms with Crippen LogP contribution < -0.4 is 10.5 Å². The van der Waals surface area contributed by atoms with Crippen LogP contribution in [0.25, 0.3) is 0 Å². The van der Waals surface area contributed by atoms with Crippen molar-refractivity contribution in [2.45, 2.75) is 31.2 Å². The van der Waals surface area contributed by atoms with Crippen LogP contribution in [-0.2, 0) is 10.3 Å². The number of aromatic hydroxyl groups is 1. The molecule has 1 aromatic rings. The van der Waals surface area contributed by atoms with Crippen LogP contribution in [0, 0.1) is 0 Å². The van der Waals surface area contributed by atoms with Gasteiger partial charge in [0, 0.05) is 17.2 Å². The van der Waals surface area contributed by atoms with Gasteiger partial charge in [-0.15, -0.1) is 0 Å². The Morgan fingerprint density at radius 1 is 1.32 bits per heavy atom. The lowest BCUT2D eigenvalue weighted by atomic mass is 9.87. The van der Waals surface area contributed by atoms with E-state index < -0.39 is 11.5 Å². The molecule has 3 N–H and O–H groups in total. The minimum Gasteiger partial charge on any atom is -0.507 e. The number of esters is 1. The second-order valence-corrected chi connectivity index (χ2v) is 4.92. The number of carbonyl (C=O) groups is 1. The molecule has 104 valence electrons. The zero-order valence-corrected chi connectivity index (χ0v) is 11.2. The fourth-order valence-corrected chi connectivity index (χ4v) is 2.68. The molecular formula is C14H19NO4. The smallest absolute Gasteiger partial charge is 0.341 e. The van der Waals surface area contributed by atoms with Gasteiger partial charge in [0.25, 0.3) is 0 Å². The summed E-state index contributed by atoms with van der Waals surface area (Å²) in [5.74, 6) is -0.230. The zero-order valence-electron chi connectivity index (χ0n) is 11.2. The molecule has 5 nitrogen and oxygen atoms in total. The molecule has 1 fully saturated rings. The van der Waals surface area contributed by atoms with Gasteiger partial charge < -0.3 is 20.3 Å². The van der Waals surface area contributed by atoms with Crippen LogP contribution in [0.1, 0.15) is 41.6 Å². The van der Waals surface area contributed by atoms with Gasteiger partial charge in [-0.3, -0.25) is 0 Å². The Bertz CT molecular complexity index is 492. The van der Waals surface area contributed by atoms with E-state index in [2.05, 4.69) is 4.74 Å². The predicted octanol–water partition coefficient (Wildman–Crippen LogP) is 1.92. The van der Waals surface area contributed by atoms with Gasteiger partial charge in [0.2, 0.25) is 0 Å². The number of carbonyl (C=O) groups excluding carboxylic acids is 1. The molecule has 0 amide bonds. The van der Waals surface area contributed by atoms with Crippen molar-refractivity contribution in [1.29, 1.82) is 0 Å². The molecule has 0 heterocycles. The van der Waals surface area contributed by atoms with Crippen molar-refractivity contribution in [3.05, 3.63) is 23.3 Å². The highest BCUT2D eigenvalue weighted by atomic mass is 16.5. The molecule has 0 atom stereocenters. The Balaban J connectivity index is 2.54. The molecule has 5 heteroatoms. The van der Waals surface area contributed by atoms with Crippen LogP contribution in [0.4, 0.5) is 0 Å². The Kier molecular flexibility index (Phi) is 3.66. The fraction of sp³-hybridized carbons (Fsp3) is 0.500. The van der Waals surface area contributed by atoms with E-state index in [1.807, 2.05) is 0 Å². The Labute approximate surface area is 112 Å². The van der Waals surface area contributed by atoms with Gasteiger partial charge in [0.05, 0.1) is 14.2 Å². The lowest BCUT2D eigenvalue weighted by Gasteiger charge is -2.27. The Morgan fingerprint density at radius 2 is 1.95 bits per heavy atom. The minimum absolute atomic E-state index is 0.120. The number of rotatable bonds is 3. The van der Waals surface area contributed by atoms with E-state index in [-0.39, 0.29) is 11.3 Å². The highest BCUT2D eigenvalue weighted by Gasteiger charge is 2.35. The average molecular weight is 265 g/mol. The third-order valence-electron chi connectivity index (χ3n) is 3.76. The van der Waals surface area contributed by atoms with Crippen molar-refractivity contribution in [2.75, 3.05) is 14.2 Å². The summed E-state index contributed by atoms with van der Waals surface area (Å²) < 4.78 is 9.94. The number of phenols is 1. The number of methoxy groups -OCH3 is 2. The molecule has 1 aliphatic rings. The SMILES string of the molecule is COC(=O)c1cc(C2(N)CCCC2)c(OC)cc1O. The van der Waals surface area contributed by atoms with E-state index >= 15 is 0 Å². The molecule has 1 aliphatic carbocycles.